The van der Waals surface area contributed by atoms with Gasteiger partial charge in [0.1, 0.15) is 0 Å². The molecular weight excluding hydrogens is 254 g/mol. The second kappa shape index (κ2) is 4.54. The van der Waals surface area contributed by atoms with Crippen molar-refractivity contribution >= 4 is 0 Å². The molecule has 0 N–H and O–H groups in total. The van der Waals surface area contributed by atoms with Crippen LogP contribution in [-0.4, -0.2) is 53.7 Å². The molecule has 0 bridgehead atoms. The Balaban J connectivity index is 1.79. The number of nitriles is 1. The van der Waals surface area contributed by atoms with Crippen LogP contribution in [0.25, 0.3) is 0 Å². The lowest BCUT2D eigenvalue weighted by Gasteiger charge is -2.35. The Labute approximate surface area is 119 Å². The van der Waals surface area contributed by atoms with E-state index < -0.39 is 0 Å². The van der Waals surface area contributed by atoms with Gasteiger partial charge in [0, 0.05) is 19.6 Å². The van der Waals surface area contributed by atoms with Crippen molar-refractivity contribution in [3.8, 4) is 6.07 Å². The summed E-state index contributed by atoms with van der Waals surface area (Å²) in [6, 6.07) is 2.51. The van der Waals surface area contributed by atoms with Gasteiger partial charge in [0.25, 0.3) is 0 Å². The SMILES string of the molecule is CN1CCN(C)C(c2noc(C3C(C#N)C3(C)C)n2)C1. The van der Waals surface area contributed by atoms with E-state index in [0.717, 1.165) is 25.5 Å². The lowest BCUT2D eigenvalue weighted by molar-refractivity contribution is 0.108. The first-order valence-electron chi connectivity index (χ1n) is 7.07. The highest BCUT2D eigenvalue weighted by molar-refractivity contribution is 5.26. The molecule has 1 aliphatic heterocycles. The van der Waals surface area contributed by atoms with Crippen LogP contribution in [0.15, 0.2) is 4.52 Å². The number of nitrogens with zero attached hydrogens (tertiary/aromatic N) is 5. The van der Waals surface area contributed by atoms with Crippen LogP contribution in [-0.2, 0) is 0 Å². The third-order valence-corrected chi connectivity index (χ3v) is 4.84. The summed E-state index contributed by atoms with van der Waals surface area (Å²) in [7, 11) is 4.20. The minimum Gasteiger partial charge on any atom is -0.339 e. The predicted molar refractivity (Wildman–Crippen MR) is 72.8 cm³/mol. The van der Waals surface area contributed by atoms with Crippen molar-refractivity contribution in [3.05, 3.63) is 11.7 Å². The zero-order chi connectivity index (χ0) is 14.5. The average Bonchev–Trinajstić information content (AvgIpc) is 2.76. The summed E-state index contributed by atoms with van der Waals surface area (Å²) < 4.78 is 5.44. The van der Waals surface area contributed by atoms with Gasteiger partial charge in [-0.05, 0) is 19.5 Å². The molecule has 0 aromatic carbocycles. The summed E-state index contributed by atoms with van der Waals surface area (Å²) in [6.07, 6.45) is 0. The number of rotatable bonds is 2. The Kier molecular flexibility index (Phi) is 3.07. The van der Waals surface area contributed by atoms with Crippen LogP contribution in [0.1, 0.15) is 37.5 Å². The molecule has 1 aromatic rings. The van der Waals surface area contributed by atoms with Crippen LogP contribution >= 0.6 is 0 Å². The maximum atomic E-state index is 9.15. The second-order valence-corrected chi connectivity index (χ2v) is 6.66. The minimum absolute atomic E-state index is 0.0115. The van der Waals surface area contributed by atoms with Crippen LogP contribution in [0.3, 0.4) is 0 Å². The van der Waals surface area contributed by atoms with Gasteiger partial charge in [-0.25, -0.2) is 0 Å². The maximum absolute atomic E-state index is 9.15. The van der Waals surface area contributed by atoms with Crippen LogP contribution in [0.2, 0.25) is 0 Å². The van der Waals surface area contributed by atoms with Gasteiger partial charge < -0.3 is 9.42 Å². The molecule has 0 amide bonds. The fourth-order valence-electron chi connectivity index (χ4n) is 3.14. The van der Waals surface area contributed by atoms with Crippen molar-refractivity contribution in [2.75, 3.05) is 33.7 Å². The van der Waals surface area contributed by atoms with E-state index in [-0.39, 0.29) is 23.3 Å². The zero-order valence-corrected chi connectivity index (χ0v) is 12.5. The first kappa shape index (κ1) is 13.5. The minimum atomic E-state index is -0.0478. The van der Waals surface area contributed by atoms with Crippen LogP contribution in [0.5, 0.6) is 0 Å². The molecule has 20 heavy (non-hydrogen) atoms. The first-order valence-corrected chi connectivity index (χ1v) is 7.07. The molecule has 3 unspecified atom stereocenters. The van der Waals surface area contributed by atoms with Gasteiger partial charge in [0.15, 0.2) is 5.82 Å². The largest absolute Gasteiger partial charge is 0.339 e. The third kappa shape index (κ3) is 2.02. The standard InChI is InChI=1S/C14H21N5O/c1-14(2)9(7-15)11(14)13-16-12(17-20-13)10-8-18(3)5-6-19(10)4/h9-11H,5-6,8H2,1-4H3. The fraction of sp³-hybridized carbons (Fsp3) is 0.786. The number of aromatic nitrogens is 2. The Morgan fingerprint density at radius 1 is 1.35 bits per heavy atom. The van der Waals surface area contributed by atoms with Crippen molar-refractivity contribution in [1.82, 2.24) is 19.9 Å². The van der Waals surface area contributed by atoms with E-state index in [1.54, 1.807) is 0 Å². The average molecular weight is 275 g/mol. The molecule has 2 fully saturated rings. The number of hydrogen-bond acceptors (Lipinski definition) is 6. The van der Waals surface area contributed by atoms with Gasteiger partial charge in [-0.2, -0.15) is 10.2 Å². The maximum Gasteiger partial charge on any atom is 0.231 e. The predicted octanol–water partition coefficient (Wildman–Crippen LogP) is 1.25. The number of piperazine rings is 1. The molecule has 2 heterocycles. The molecule has 3 atom stereocenters. The molecule has 0 spiro atoms. The Bertz CT molecular complexity index is 546. The molecule has 0 radical (unpaired) electrons. The summed E-state index contributed by atoms with van der Waals surface area (Å²) in [4.78, 5) is 9.11. The highest BCUT2D eigenvalue weighted by Gasteiger charge is 2.62. The van der Waals surface area contributed by atoms with Gasteiger partial charge >= 0.3 is 0 Å². The summed E-state index contributed by atoms with van der Waals surface area (Å²) in [6.45, 7) is 7.13. The number of likely N-dealkylation sites (N-methyl/N-ethyl adjacent to an activating group) is 2. The normalized spacial score (nSPS) is 33.9. The molecule has 6 heteroatoms. The van der Waals surface area contributed by atoms with E-state index in [9.17, 15) is 0 Å². The molecule has 1 aliphatic carbocycles. The van der Waals surface area contributed by atoms with Gasteiger partial charge in [-0.15, -0.1) is 0 Å². The molecule has 1 saturated heterocycles. The lowest BCUT2D eigenvalue weighted by atomic mass is 10.1. The molecule has 6 nitrogen and oxygen atoms in total. The molecule has 3 rings (SSSR count). The topological polar surface area (TPSA) is 69.2 Å². The molecular formula is C14H21N5O. The van der Waals surface area contributed by atoms with E-state index in [1.165, 1.54) is 0 Å². The molecule has 2 aliphatic rings. The Morgan fingerprint density at radius 3 is 2.75 bits per heavy atom. The van der Waals surface area contributed by atoms with Crippen molar-refractivity contribution in [2.24, 2.45) is 11.3 Å². The summed E-state index contributed by atoms with van der Waals surface area (Å²) >= 11 is 0. The number of hydrogen-bond donors (Lipinski definition) is 0. The van der Waals surface area contributed by atoms with Crippen LogP contribution in [0, 0.1) is 22.7 Å². The van der Waals surface area contributed by atoms with Gasteiger partial charge in [-0.1, -0.05) is 19.0 Å². The first-order chi connectivity index (χ1) is 9.45. The Morgan fingerprint density at radius 2 is 2.10 bits per heavy atom. The monoisotopic (exact) mass is 275 g/mol. The lowest BCUT2D eigenvalue weighted by Crippen LogP contribution is -2.45. The smallest absolute Gasteiger partial charge is 0.231 e. The highest BCUT2D eigenvalue weighted by atomic mass is 16.5. The van der Waals surface area contributed by atoms with Crippen molar-refractivity contribution in [1.29, 1.82) is 5.26 Å². The van der Waals surface area contributed by atoms with E-state index in [0.29, 0.717) is 5.89 Å². The van der Waals surface area contributed by atoms with Crippen molar-refractivity contribution in [2.45, 2.75) is 25.8 Å². The second-order valence-electron chi connectivity index (χ2n) is 6.66. The quantitative estimate of drug-likeness (QED) is 0.809. The molecule has 1 saturated carbocycles. The van der Waals surface area contributed by atoms with Crippen LogP contribution < -0.4 is 0 Å². The molecule has 1 aromatic heterocycles. The summed E-state index contributed by atoms with van der Waals surface area (Å²) in [5.74, 6) is 1.44. The summed E-state index contributed by atoms with van der Waals surface area (Å²) in [5.41, 5.74) is -0.0478. The van der Waals surface area contributed by atoms with Gasteiger partial charge in [0.2, 0.25) is 5.89 Å². The van der Waals surface area contributed by atoms with E-state index in [1.807, 2.05) is 0 Å². The van der Waals surface area contributed by atoms with Crippen LogP contribution in [0.4, 0.5) is 0 Å². The fourth-order valence-corrected chi connectivity index (χ4v) is 3.14. The highest BCUT2D eigenvalue weighted by Crippen LogP contribution is 2.63. The van der Waals surface area contributed by atoms with Gasteiger partial charge in [-0.3, -0.25) is 4.90 Å². The third-order valence-electron chi connectivity index (χ3n) is 4.84. The van der Waals surface area contributed by atoms with Crippen molar-refractivity contribution < 1.29 is 4.52 Å². The van der Waals surface area contributed by atoms with E-state index >= 15 is 0 Å². The van der Waals surface area contributed by atoms with Crippen molar-refractivity contribution in [3.63, 3.8) is 0 Å². The zero-order valence-electron chi connectivity index (χ0n) is 12.5. The van der Waals surface area contributed by atoms with E-state index in [2.05, 4.69) is 54.0 Å². The Hall–Kier alpha value is -1.45. The molecule has 108 valence electrons. The van der Waals surface area contributed by atoms with Gasteiger partial charge in [0.05, 0.1) is 23.9 Å². The summed E-state index contributed by atoms with van der Waals surface area (Å²) in [5, 5.41) is 13.3. The van der Waals surface area contributed by atoms with E-state index in [4.69, 9.17) is 9.78 Å².